The Balaban J connectivity index is 1.61. The van der Waals surface area contributed by atoms with Crippen LogP contribution in [0.1, 0.15) is 12.8 Å². The molecule has 2 saturated heterocycles. The predicted octanol–water partition coefficient (Wildman–Crippen LogP) is 0.417. The molecule has 0 saturated carbocycles. The second-order valence-corrected chi connectivity index (χ2v) is 7.43. The van der Waals surface area contributed by atoms with E-state index in [9.17, 15) is 15.0 Å². The summed E-state index contributed by atoms with van der Waals surface area (Å²) in [6, 6.07) is 6.57. The van der Waals surface area contributed by atoms with Crippen LogP contribution in [0.2, 0.25) is 0 Å². The van der Waals surface area contributed by atoms with Gasteiger partial charge in [-0.1, -0.05) is 6.07 Å². The van der Waals surface area contributed by atoms with Crippen LogP contribution in [0.3, 0.4) is 0 Å². The first-order valence-electron chi connectivity index (χ1n) is 9.95. The Morgan fingerprint density at radius 2 is 2.17 bits per heavy atom. The average molecular weight is 409 g/mol. The SMILES string of the molecule is COCC1CCCN1C1C(CNC(=O)Nc2cccc(OC)c2)OC(CO)C1O. The van der Waals surface area contributed by atoms with Crippen LogP contribution in [0.4, 0.5) is 10.5 Å². The number of hydrogen-bond acceptors (Lipinski definition) is 7. The molecule has 9 nitrogen and oxygen atoms in total. The molecule has 1 aromatic rings. The number of urea groups is 1. The maximum Gasteiger partial charge on any atom is 0.319 e. The number of benzene rings is 1. The lowest BCUT2D eigenvalue weighted by atomic mass is 10.0. The molecule has 0 aliphatic carbocycles. The fourth-order valence-corrected chi connectivity index (χ4v) is 4.25. The molecule has 2 amide bonds. The molecular formula is C20H31N3O6. The number of anilines is 1. The summed E-state index contributed by atoms with van der Waals surface area (Å²) >= 11 is 0. The van der Waals surface area contributed by atoms with Gasteiger partial charge in [-0.3, -0.25) is 4.90 Å². The van der Waals surface area contributed by atoms with Crippen molar-refractivity contribution in [3.8, 4) is 5.75 Å². The summed E-state index contributed by atoms with van der Waals surface area (Å²) in [6.07, 6.45) is 0.0629. The summed E-state index contributed by atoms with van der Waals surface area (Å²) in [4.78, 5) is 14.5. The number of amides is 2. The standard InChI is InChI=1S/C20H31N3O6/c1-27-12-14-6-4-8-23(14)18-16(29-17(11-24)19(18)25)10-21-20(26)22-13-5-3-7-15(9-13)28-2/h3,5,7,9,14,16-19,24-25H,4,6,8,10-12H2,1-2H3,(H2,21,22,26). The van der Waals surface area contributed by atoms with Gasteiger partial charge in [-0.2, -0.15) is 0 Å². The van der Waals surface area contributed by atoms with Gasteiger partial charge in [0.15, 0.2) is 0 Å². The lowest BCUT2D eigenvalue weighted by Gasteiger charge is -2.34. The van der Waals surface area contributed by atoms with Gasteiger partial charge in [0.1, 0.15) is 18.0 Å². The van der Waals surface area contributed by atoms with E-state index in [-0.39, 0.29) is 31.3 Å². The highest BCUT2D eigenvalue weighted by molar-refractivity contribution is 5.89. The molecule has 2 aliphatic heterocycles. The first kappa shape index (κ1) is 21.8. The number of likely N-dealkylation sites (tertiary alicyclic amines) is 1. The molecule has 0 spiro atoms. The zero-order chi connectivity index (χ0) is 20.8. The van der Waals surface area contributed by atoms with Crippen molar-refractivity contribution in [3.63, 3.8) is 0 Å². The number of ether oxygens (including phenoxy) is 3. The Morgan fingerprint density at radius 1 is 1.34 bits per heavy atom. The van der Waals surface area contributed by atoms with E-state index < -0.39 is 18.3 Å². The molecule has 5 atom stereocenters. The van der Waals surface area contributed by atoms with Crippen LogP contribution in [0, 0.1) is 0 Å². The zero-order valence-electron chi connectivity index (χ0n) is 16.9. The predicted molar refractivity (Wildman–Crippen MR) is 107 cm³/mol. The minimum Gasteiger partial charge on any atom is -0.497 e. The molecular weight excluding hydrogens is 378 g/mol. The number of hydrogen-bond donors (Lipinski definition) is 4. The largest absolute Gasteiger partial charge is 0.497 e. The first-order chi connectivity index (χ1) is 14.1. The molecule has 0 radical (unpaired) electrons. The van der Waals surface area contributed by atoms with Crippen molar-refractivity contribution in [3.05, 3.63) is 24.3 Å². The van der Waals surface area contributed by atoms with Crippen LogP contribution in [0.5, 0.6) is 5.75 Å². The number of rotatable bonds is 8. The Morgan fingerprint density at radius 3 is 2.90 bits per heavy atom. The van der Waals surface area contributed by atoms with Crippen molar-refractivity contribution in [2.45, 2.75) is 43.2 Å². The van der Waals surface area contributed by atoms with Gasteiger partial charge in [-0.05, 0) is 31.5 Å². The van der Waals surface area contributed by atoms with Crippen LogP contribution in [-0.4, -0.2) is 92.1 Å². The normalized spacial score (nSPS) is 29.7. The van der Waals surface area contributed by atoms with Crippen LogP contribution in [0.25, 0.3) is 0 Å². The summed E-state index contributed by atoms with van der Waals surface area (Å²) in [7, 11) is 3.23. The number of aliphatic hydroxyl groups excluding tert-OH is 2. The maximum absolute atomic E-state index is 12.3. The Kier molecular flexibility index (Phi) is 7.68. The number of nitrogens with zero attached hydrogens (tertiary/aromatic N) is 1. The summed E-state index contributed by atoms with van der Waals surface area (Å²) in [5, 5.41) is 25.8. The maximum atomic E-state index is 12.3. The fourth-order valence-electron chi connectivity index (χ4n) is 4.25. The lowest BCUT2D eigenvalue weighted by Crippen LogP contribution is -2.53. The number of carbonyl (C=O) groups is 1. The van der Waals surface area contributed by atoms with E-state index in [0.717, 1.165) is 19.4 Å². The number of aliphatic hydroxyl groups is 2. The van der Waals surface area contributed by atoms with Crippen LogP contribution >= 0.6 is 0 Å². The first-order valence-corrected chi connectivity index (χ1v) is 9.95. The lowest BCUT2D eigenvalue weighted by molar-refractivity contribution is -0.0205. The fraction of sp³-hybridized carbons (Fsp3) is 0.650. The van der Waals surface area contributed by atoms with E-state index in [4.69, 9.17) is 14.2 Å². The third-order valence-electron chi connectivity index (χ3n) is 5.60. The summed E-state index contributed by atoms with van der Waals surface area (Å²) < 4.78 is 16.3. The highest BCUT2D eigenvalue weighted by atomic mass is 16.5. The van der Waals surface area contributed by atoms with Crippen LogP contribution in [-0.2, 0) is 9.47 Å². The van der Waals surface area contributed by atoms with Crippen molar-refractivity contribution in [1.82, 2.24) is 10.2 Å². The molecule has 5 unspecified atom stereocenters. The molecule has 2 fully saturated rings. The van der Waals surface area contributed by atoms with Gasteiger partial charge in [-0.15, -0.1) is 0 Å². The number of nitrogens with one attached hydrogen (secondary N) is 2. The Hall–Kier alpha value is -1.91. The number of methoxy groups -OCH3 is 2. The van der Waals surface area contributed by atoms with Crippen molar-refractivity contribution in [1.29, 1.82) is 0 Å². The van der Waals surface area contributed by atoms with Gasteiger partial charge in [-0.25, -0.2) is 4.79 Å². The molecule has 9 heteroatoms. The van der Waals surface area contributed by atoms with E-state index in [1.807, 2.05) is 0 Å². The molecule has 3 rings (SSSR count). The summed E-state index contributed by atoms with van der Waals surface area (Å²) in [5.41, 5.74) is 0.610. The minimum absolute atomic E-state index is 0.189. The van der Waals surface area contributed by atoms with E-state index in [2.05, 4.69) is 15.5 Å². The molecule has 0 aromatic heterocycles. The second-order valence-electron chi connectivity index (χ2n) is 7.43. The zero-order valence-corrected chi connectivity index (χ0v) is 16.9. The Labute approximate surface area is 170 Å². The highest BCUT2D eigenvalue weighted by Gasteiger charge is 2.48. The number of carbonyl (C=O) groups excluding carboxylic acids is 1. The second kappa shape index (κ2) is 10.2. The van der Waals surface area contributed by atoms with Crippen molar-refractivity contribution < 1.29 is 29.2 Å². The third kappa shape index (κ3) is 5.18. The van der Waals surface area contributed by atoms with E-state index in [1.165, 1.54) is 0 Å². The smallest absolute Gasteiger partial charge is 0.319 e. The van der Waals surface area contributed by atoms with E-state index in [1.54, 1.807) is 38.5 Å². The van der Waals surface area contributed by atoms with E-state index >= 15 is 0 Å². The molecule has 2 aliphatic rings. The monoisotopic (exact) mass is 409 g/mol. The molecule has 2 heterocycles. The summed E-state index contributed by atoms with van der Waals surface area (Å²) in [5.74, 6) is 0.647. The molecule has 1 aromatic carbocycles. The van der Waals surface area contributed by atoms with Gasteiger partial charge in [0.25, 0.3) is 0 Å². The molecule has 4 N–H and O–H groups in total. The van der Waals surface area contributed by atoms with Gasteiger partial charge >= 0.3 is 6.03 Å². The minimum atomic E-state index is -0.828. The van der Waals surface area contributed by atoms with Crippen molar-refractivity contribution in [2.24, 2.45) is 0 Å². The highest BCUT2D eigenvalue weighted by Crippen LogP contribution is 2.31. The quantitative estimate of drug-likeness (QED) is 0.492. The van der Waals surface area contributed by atoms with Crippen LogP contribution in [0.15, 0.2) is 24.3 Å². The van der Waals surface area contributed by atoms with Gasteiger partial charge in [0.05, 0.1) is 32.5 Å². The van der Waals surface area contributed by atoms with Crippen LogP contribution < -0.4 is 15.4 Å². The molecule has 162 valence electrons. The van der Waals surface area contributed by atoms with Gasteiger partial charge in [0, 0.05) is 31.5 Å². The van der Waals surface area contributed by atoms with Crippen molar-refractivity contribution >= 4 is 11.7 Å². The van der Waals surface area contributed by atoms with Crippen molar-refractivity contribution in [2.75, 3.05) is 45.8 Å². The average Bonchev–Trinajstić information content (AvgIpc) is 3.30. The molecule has 0 bridgehead atoms. The third-order valence-corrected chi connectivity index (χ3v) is 5.60. The summed E-state index contributed by atoms with van der Waals surface area (Å²) in [6.45, 7) is 1.34. The van der Waals surface area contributed by atoms with Gasteiger partial charge < -0.3 is 35.1 Å². The van der Waals surface area contributed by atoms with Gasteiger partial charge in [0.2, 0.25) is 0 Å². The van der Waals surface area contributed by atoms with E-state index in [0.29, 0.717) is 18.0 Å². The molecule has 29 heavy (non-hydrogen) atoms. The Bertz CT molecular complexity index is 675. The topological polar surface area (TPSA) is 113 Å².